The highest BCUT2D eigenvalue weighted by molar-refractivity contribution is 5.32. The molecular formula is C41H74. The van der Waals surface area contributed by atoms with Gasteiger partial charge in [-0.05, 0) is 68.9 Å². The van der Waals surface area contributed by atoms with Crippen LogP contribution in [0.3, 0.4) is 0 Å². The van der Waals surface area contributed by atoms with Crippen LogP contribution in [0.2, 0.25) is 0 Å². The van der Waals surface area contributed by atoms with Crippen molar-refractivity contribution < 1.29 is 0 Å². The van der Waals surface area contributed by atoms with E-state index in [1.807, 2.05) is 0 Å². The highest BCUT2D eigenvalue weighted by Gasteiger charge is 2.07. The third-order valence-electron chi connectivity index (χ3n) is 6.75. The summed E-state index contributed by atoms with van der Waals surface area (Å²) in [5.41, 5.74) is 8.74. The van der Waals surface area contributed by atoms with Crippen molar-refractivity contribution in [2.24, 2.45) is 0 Å². The molecule has 0 fully saturated rings. The van der Waals surface area contributed by atoms with Gasteiger partial charge in [-0.1, -0.05) is 193 Å². The SMILES string of the molecule is C.C.C.C.C.CC(C)c1ccc(C(C)C)cc1.CC(C)c1cccc(C(C)C)c1.CC(C)c1ccccc1C(C)C. The van der Waals surface area contributed by atoms with Crippen molar-refractivity contribution in [3.05, 3.63) is 106 Å². The van der Waals surface area contributed by atoms with Crippen LogP contribution in [-0.4, -0.2) is 0 Å². The Kier molecular flexibility index (Phi) is 28.7. The third-order valence-corrected chi connectivity index (χ3v) is 6.75. The molecule has 0 aliphatic rings. The number of rotatable bonds is 6. The van der Waals surface area contributed by atoms with Crippen molar-refractivity contribution in [2.75, 3.05) is 0 Å². The van der Waals surface area contributed by atoms with Crippen molar-refractivity contribution in [2.45, 2.75) is 156 Å². The Hall–Kier alpha value is -2.34. The van der Waals surface area contributed by atoms with Crippen LogP contribution < -0.4 is 0 Å². The van der Waals surface area contributed by atoms with E-state index < -0.39 is 0 Å². The molecule has 0 atom stereocenters. The molecule has 0 aliphatic heterocycles. The fourth-order valence-electron chi connectivity index (χ4n) is 4.11. The summed E-state index contributed by atoms with van der Waals surface area (Å²) in [5.74, 6) is 3.86. The molecule has 0 radical (unpaired) electrons. The molecule has 0 aliphatic carbocycles. The van der Waals surface area contributed by atoms with Gasteiger partial charge in [-0.3, -0.25) is 0 Å². The molecule has 3 rings (SSSR count). The molecule has 0 amide bonds. The topological polar surface area (TPSA) is 0 Å². The summed E-state index contributed by atoms with van der Waals surface area (Å²) >= 11 is 0. The first-order valence-corrected chi connectivity index (χ1v) is 14.1. The van der Waals surface area contributed by atoms with Crippen molar-refractivity contribution in [1.82, 2.24) is 0 Å². The smallest absolute Gasteiger partial charge is 0.0216 e. The molecule has 0 bridgehead atoms. The summed E-state index contributed by atoms with van der Waals surface area (Å²) in [5, 5.41) is 0. The second-order valence-electron chi connectivity index (χ2n) is 11.9. The average molecular weight is 567 g/mol. The van der Waals surface area contributed by atoms with Crippen LogP contribution in [0.25, 0.3) is 0 Å². The fourth-order valence-corrected chi connectivity index (χ4v) is 4.11. The van der Waals surface area contributed by atoms with E-state index >= 15 is 0 Å². The third kappa shape index (κ3) is 17.3. The number of hydrogen-bond acceptors (Lipinski definition) is 0. The largest absolute Gasteiger partial charge is 0.0776 e. The first-order chi connectivity index (χ1) is 16.8. The van der Waals surface area contributed by atoms with Crippen LogP contribution in [0.1, 0.15) is 189 Å². The molecule has 0 N–H and O–H groups in total. The lowest BCUT2D eigenvalue weighted by Crippen LogP contribution is -1.97. The average Bonchev–Trinajstić information content (AvgIpc) is 2.84. The second kappa shape index (κ2) is 24.3. The maximum absolute atomic E-state index is 2.31. The molecule has 0 nitrogen and oxygen atoms in total. The molecule has 0 heterocycles. The van der Waals surface area contributed by atoms with E-state index in [9.17, 15) is 0 Å². The Bertz CT molecular complexity index is 907. The molecule has 0 saturated heterocycles. The Morgan fingerprint density at radius 1 is 0.293 bits per heavy atom. The van der Waals surface area contributed by atoms with E-state index in [-0.39, 0.29) is 37.1 Å². The standard InChI is InChI=1S/3C12H18.5CH4/c1-9(2)11-5-7-12(8-6-11)10(3)4;1-9(2)11-6-5-7-12(8-11)10(3)4;1-9(2)11-7-5-6-8-12(11)10(3)4;;;;;/h3*5-10H,1-4H3;5*1H4. The van der Waals surface area contributed by atoms with E-state index in [4.69, 9.17) is 0 Å². The first kappa shape index (κ1) is 48.4. The number of benzene rings is 3. The van der Waals surface area contributed by atoms with Gasteiger partial charge in [-0.25, -0.2) is 0 Å². The summed E-state index contributed by atoms with van der Waals surface area (Å²) in [6.45, 7) is 26.9. The lowest BCUT2D eigenvalue weighted by atomic mass is 9.91. The van der Waals surface area contributed by atoms with E-state index in [1.54, 1.807) is 0 Å². The van der Waals surface area contributed by atoms with Crippen LogP contribution >= 0.6 is 0 Å². The van der Waals surface area contributed by atoms with Crippen LogP contribution in [0.15, 0.2) is 72.8 Å². The van der Waals surface area contributed by atoms with Gasteiger partial charge in [0.2, 0.25) is 0 Å². The van der Waals surface area contributed by atoms with Gasteiger partial charge in [0.1, 0.15) is 0 Å². The minimum atomic E-state index is 0. The maximum Gasteiger partial charge on any atom is -0.0216 e. The predicted molar refractivity (Wildman–Crippen MR) is 198 cm³/mol. The Morgan fingerprint density at radius 2 is 0.561 bits per heavy atom. The highest BCUT2D eigenvalue weighted by Crippen LogP contribution is 2.25. The van der Waals surface area contributed by atoms with Crippen LogP contribution in [0, 0.1) is 0 Å². The molecule has 0 unspecified atom stereocenters. The minimum Gasteiger partial charge on any atom is -0.0776 e. The molecule has 41 heavy (non-hydrogen) atoms. The summed E-state index contributed by atoms with van der Waals surface area (Å²) < 4.78 is 0. The van der Waals surface area contributed by atoms with E-state index in [0.717, 1.165) is 0 Å². The zero-order valence-electron chi connectivity index (χ0n) is 25.4. The first-order valence-electron chi connectivity index (χ1n) is 14.1. The summed E-state index contributed by atoms with van der Waals surface area (Å²) in [6, 6.07) is 26.6. The van der Waals surface area contributed by atoms with Crippen molar-refractivity contribution >= 4 is 0 Å². The Morgan fingerprint density at radius 3 is 0.780 bits per heavy atom. The van der Waals surface area contributed by atoms with Gasteiger partial charge in [0, 0.05) is 0 Å². The van der Waals surface area contributed by atoms with Gasteiger partial charge < -0.3 is 0 Å². The fraction of sp³-hybridized carbons (Fsp3) is 0.561. The van der Waals surface area contributed by atoms with E-state index in [2.05, 4.69) is 156 Å². The zero-order chi connectivity index (χ0) is 27.4. The van der Waals surface area contributed by atoms with E-state index in [1.165, 1.54) is 33.4 Å². The normalized spacial score (nSPS) is 9.80. The lowest BCUT2D eigenvalue weighted by Gasteiger charge is -2.14. The van der Waals surface area contributed by atoms with Gasteiger partial charge >= 0.3 is 0 Å². The molecule has 0 aromatic heterocycles. The summed E-state index contributed by atoms with van der Waals surface area (Å²) in [7, 11) is 0. The lowest BCUT2D eigenvalue weighted by molar-refractivity contribution is 0.790. The molecule has 0 heteroatoms. The highest BCUT2D eigenvalue weighted by atomic mass is 14.1. The molecule has 0 saturated carbocycles. The van der Waals surface area contributed by atoms with Crippen molar-refractivity contribution in [3.63, 3.8) is 0 Å². The van der Waals surface area contributed by atoms with Gasteiger partial charge in [-0.2, -0.15) is 0 Å². The van der Waals surface area contributed by atoms with Crippen LogP contribution in [0.5, 0.6) is 0 Å². The minimum absolute atomic E-state index is 0. The molecule has 3 aromatic carbocycles. The van der Waals surface area contributed by atoms with Crippen molar-refractivity contribution in [1.29, 1.82) is 0 Å². The summed E-state index contributed by atoms with van der Waals surface area (Å²) in [6.07, 6.45) is 0. The second-order valence-corrected chi connectivity index (χ2v) is 11.9. The molecule has 238 valence electrons. The Labute approximate surface area is 261 Å². The van der Waals surface area contributed by atoms with Crippen molar-refractivity contribution in [3.8, 4) is 0 Å². The van der Waals surface area contributed by atoms with E-state index in [0.29, 0.717) is 35.5 Å². The number of hydrogen-bond donors (Lipinski definition) is 0. The molecule has 0 spiro atoms. The van der Waals surface area contributed by atoms with Gasteiger partial charge in [0.25, 0.3) is 0 Å². The molecular weight excluding hydrogens is 492 g/mol. The maximum atomic E-state index is 2.31. The molecule has 3 aromatic rings. The zero-order valence-corrected chi connectivity index (χ0v) is 25.4. The van der Waals surface area contributed by atoms with Gasteiger partial charge in [-0.15, -0.1) is 0 Å². The summed E-state index contributed by atoms with van der Waals surface area (Å²) in [4.78, 5) is 0. The monoisotopic (exact) mass is 567 g/mol. The van der Waals surface area contributed by atoms with Crippen LogP contribution in [-0.2, 0) is 0 Å². The Balaban J connectivity index is -0.000000149. The van der Waals surface area contributed by atoms with Crippen LogP contribution in [0.4, 0.5) is 0 Å². The predicted octanol–water partition coefficient (Wildman–Crippen LogP) is 15.0. The van der Waals surface area contributed by atoms with Gasteiger partial charge in [0.05, 0.1) is 0 Å². The van der Waals surface area contributed by atoms with Gasteiger partial charge in [0.15, 0.2) is 0 Å². The quantitative estimate of drug-likeness (QED) is 0.278.